The number of hydrogen-bond donors (Lipinski definition) is 2. The smallest absolute Gasteiger partial charge is 0.253 e. The standard InChI is InChI=1S/C17H16BrNO4/c18-13-4-2-12(3-5-13)16(20)17(21)19-8-7-11-1-6-14-15(9-11)23-10-22-14/h1-6,9,16,20H,7-8,10H2,(H,19,21)/t16-/m0/s1. The van der Waals surface area contributed by atoms with Gasteiger partial charge in [-0.05, 0) is 41.8 Å². The molecule has 120 valence electrons. The van der Waals surface area contributed by atoms with Crippen molar-refractivity contribution < 1.29 is 19.4 Å². The molecule has 23 heavy (non-hydrogen) atoms. The maximum Gasteiger partial charge on any atom is 0.253 e. The molecule has 6 heteroatoms. The molecule has 0 aromatic heterocycles. The molecule has 2 aromatic rings. The van der Waals surface area contributed by atoms with Crippen LogP contribution in [0.1, 0.15) is 17.2 Å². The summed E-state index contributed by atoms with van der Waals surface area (Å²) >= 11 is 3.32. The molecule has 0 fully saturated rings. The number of ether oxygens (including phenoxy) is 2. The number of rotatable bonds is 5. The van der Waals surface area contributed by atoms with Crippen molar-refractivity contribution in [2.45, 2.75) is 12.5 Å². The minimum absolute atomic E-state index is 0.245. The first-order chi connectivity index (χ1) is 11.1. The Morgan fingerprint density at radius 2 is 1.91 bits per heavy atom. The summed E-state index contributed by atoms with van der Waals surface area (Å²) in [5.41, 5.74) is 1.60. The second-order valence-corrected chi connectivity index (χ2v) is 6.10. The highest BCUT2D eigenvalue weighted by atomic mass is 79.9. The van der Waals surface area contributed by atoms with Crippen LogP contribution in [-0.2, 0) is 11.2 Å². The molecular formula is C17H16BrNO4. The fourth-order valence-electron chi connectivity index (χ4n) is 2.32. The number of nitrogens with one attached hydrogen (secondary N) is 1. The van der Waals surface area contributed by atoms with Crippen LogP contribution in [0.3, 0.4) is 0 Å². The zero-order valence-electron chi connectivity index (χ0n) is 12.3. The summed E-state index contributed by atoms with van der Waals surface area (Å²) in [6, 6.07) is 12.7. The first-order valence-electron chi connectivity index (χ1n) is 7.23. The average molecular weight is 378 g/mol. The number of fused-ring (bicyclic) bond motifs is 1. The van der Waals surface area contributed by atoms with Gasteiger partial charge in [-0.3, -0.25) is 4.79 Å². The molecule has 5 nitrogen and oxygen atoms in total. The molecule has 3 rings (SSSR count). The van der Waals surface area contributed by atoms with Crippen LogP contribution in [0, 0.1) is 0 Å². The van der Waals surface area contributed by atoms with Gasteiger partial charge in [0.1, 0.15) is 0 Å². The number of hydrogen-bond acceptors (Lipinski definition) is 4. The second-order valence-electron chi connectivity index (χ2n) is 5.18. The van der Waals surface area contributed by atoms with Gasteiger partial charge < -0.3 is 19.9 Å². The van der Waals surface area contributed by atoms with E-state index in [1.54, 1.807) is 24.3 Å². The van der Waals surface area contributed by atoms with Crippen molar-refractivity contribution in [3.05, 3.63) is 58.1 Å². The number of carbonyl (C=O) groups is 1. The van der Waals surface area contributed by atoms with Crippen molar-refractivity contribution >= 4 is 21.8 Å². The van der Waals surface area contributed by atoms with Crippen molar-refractivity contribution in [1.82, 2.24) is 5.32 Å². The molecular weight excluding hydrogens is 362 g/mol. The summed E-state index contributed by atoms with van der Waals surface area (Å²) in [4.78, 5) is 12.0. The van der Waals surface area contributed by atoms with Crippen molar-refractivity contribution in [3.63, 3.8) is 0 Å². The Kier molecular flexibility index (Phi) is 4.83. The van der Waals surface area contributed by atoms with Crippen LogP contribution < -0.4 is 14.8 Å². The first-order valence-corrected chi connectivity index (χ1v) is 8.02. The highest BCUT2D eigenvalue weighted by Gasteiger charge is 2.17. The lowest BCUT2D eigenvalue weighted by Gasteiger charge is -2.12. The van der Waals surface area contributed by atoms with Crippen LogP contribution in [0.4, 0.5) is 0 Å². The van der Waals surface area contributed by atoms with Gasteiger partial charge in [-0.25, -0.2) is 0 Å². The summed E-state index contributed by atoms with van der Waals surface area (Å²) in [5, 5.41) is 12.8. The number of aliphatic hydroxyl groups is 1. The number of carbonyl (C=O) groups excluding carboxylic acids is 1. The summed E-state index contributed by atoms with van der Waals surface area (Å²) < 4.78 is 11.5. The quantitative estimate of drug-likeness (QED) is 0.840. The van der Waals surface area contributed by atoms with Gasteiger partial charge in [0.15, 0.2) is 17.6 Å². The fourth-order valence-corrected chi connectivity index (χ4v) is 2.58. The lowest BCUT2D eigenvalue weighted by molar-refractivity contribution is -0.129. The minimum Gasteiger partial charge on any atom is -0.454 e. The fraction of sp³-hybridized carbons (Fsp3) is 0.235. The molecule has 0 radical (unpaired) electrons. The molecule has 1 amide bonds. The Morgan fingerprint density at radius 3 is 2.70 bits per heavy atom. The third kappa shape index (κ3) is 3.83. The van der Waals surface area contributed by atoms with Crippen LogP contribution in [-0.4, -0.2) is 24.4 Å². The van der Waals surface area contributed by atoms with Gasteiger partial charge in [-0.1, -0.05) is 34.1 Å². The molecule has 0 spiro atoms. The third-order valence-electron chi connectivity index (χ3n) is 3.58. The minimum atomic E-state index is -1.17. The molecule has 2 N–H and O–H groups in total. The van der Waals surface area contributed by atoms with E-state index < -0.39 is 12.0 Å². The Balaban J connectivity index is 1.52. The normalized spacial score (nSPS) is 13.7. The van der Waals surface area contributed by atoms with Crippen molar-refractivity contribution in [2.24, 2.45) is 0 Å². The summed E-state index contributed by atoms with van der Waals surface area (Å²) in [6.45, 7) is 0.682. The van der Waals surface area contributed by atoms with Gasteiger partial charge in [0, 0.05) is 11.0 Å². The van der Waals surface area contributed by atoms with E-state index in [1.807, 2.05) is 18.2 Å². The van der Waals surface area contributed by atoms with E-state index in [9.17, 15) is 9.90 Å². The Labute approximate surface area is 142 Å². The summed E-state index contributed by atoms with van der Waals surface area (Å²) in [7, 11) is 0. The summed E-state index contributed by atoms with van der Waals surface area (Å²) in [5.74, 6) is 1.06. The van der Waals surface area contributed by atoms with E-state index in [0.717, 1.165) is 21.5 Å². The van der Waals surface area contributed by atoms with Gasteiger partial charge in [0.2, 0.25) is 6.79 Å². The molecule has 1 aliphatic heterocycles. The van der Waals surface area contributed by atoms with Crippen LogP contribution in [0.5, 0.6) is 11.5 Å². The third-order valence-corrected chi connectivity index (χ3v) is 4.11. The van der Waals surface area contributed by atoms with Crippen LogP contribution in [0.2, 0.25) is 0 Å². The molecule has 0 unspecified atom stereocenters. The molecule has 0 saturated carbocycles. The SMILES string of the molecule is O=C(NCCc1ccc2c(c1)OCO2)[C@@H](O)c1ccc(Br)cc1. The molecule has 0 bridgehead atoms. The number of halogens is 1. The van der Waals surface area contributed by atoms with E-state index in [-0.39, 0.29) is 6.79 Å². The van der Waals surface area contributed by atoms with E-state index >= 15 is 0 Å². The predicted molar refractivity (Wildman–Crippen MR) is 88.4 cm³/mol. The average Bonchev–Trinajstić information content (AvgIpc) is 3.02. The van der Waals surface area contributed by atoms with Gasteiger partial charge in [-0.2, -0.15) is 0 Å². The highest BCUT2D eigenvalue weighted by molar-refractivity contribution is 9.10. The zero-order valence-corrected chi connectivity index (χ0v) is 13.9. The van der Waals surface area contributed by atoms with Crippen molar-refractivity contribution in [2.75, 3.05) is 13.3 Å². The van der Waals surface area contributed by atoms with E-state index in [0.29, 0.717) is 18.5 Å². The second kappa shape index (κ2) is 7.02. The largest absolute Gasteiger partial charge is 0.454 e. The molecule has 2 aromatic carbocycles. The molecule has 0 aliphatic carbocycles. The van der Waals surface area contributed by atoms with Gasteiger partial charge in [0.05, 0.1) is 0 Å². The Bertz CT molecular complexity index is 702. The highest BCUT2D eigenvalue weighted by Crippen LogP contribution is 2.32. The first kappa shape index (κ1) is 15.8. The Morgan fingerprint density at radius 1 is 1.17 bits per heavy atom. The van der Waals surface area contributed by atoms with Gasteiger partial charge in [-0.15, -0.1) is 0 Å². The van der Waals surface area contributed by atoms with Gasteiger partial charge >= 0.3 is 0 Å². The van der Waals surface area contributed by atoms with Crippen molar-refractivity contribution in [1.29, 1.82) is 0 Å². The summed E-state index contributed by atoms with van der Waals surface area (Å²) in [6.07, 6.45) is -0.519. The molecule has 0 saturated heterocycles. The van der Waals surface area contributed by atoms with Crippen LogP contribution in [0.25, 0.3) is 0 Å². The van der Waals surface area contributed by atoms with Crippen LogP contribution >= 0.6 is 15.9 Å². The number of benzene rings is 2. The van der Waals surface area contributed by atoms with E-state index in [4.69, 9.17) is 9.47 Å². The Hall–Kier alpha value is -2.05. The van der Waals surface area contributed by atoms with Gasteiger partial charge in [0.25, 0.3) is 5.91 Å². The number of aliphatic hydroxyl groups excluding tert-OH is 1. The maximum absolute atomic E-state index is 12.0. The molecule has 1 aliphatic rings. The zero-order chi connectivity index (χ0) is 16.2. The van der Waals surface area contributed by atoms with E-state index in [1.165, 1.54) is 0 Å². The molecule has 1 atom stereocenters. The van der Waals surface area contributed by atoms with Crippen molar-refractivity contribution in [3.8, 4) is 11.5 Å². The maximum atomic E-state index is 12.0. The predicted octanol–water partition coefficient (Wildman–Crippen LogP) is 2.57. The number of amides is 1. The van der Waals surface area contributed by atoms with E-state index in [2.05, 4.69) is 21.2 Å². The van der Waals surface area contributed by atoms with Crippen LogP contribution in [0.15, 0.2) is 46.9 Å². The lowest BCUT2D eigenvalue weighted by Crippen LogP contribution is -2.30. The lowest BCUT2D eigenvalue weighted by atomic mass is 10.1. The monoisotopic (exact) mass is 377 g/mol. The topological polar surface area (TPSA) is 67.8 Å². The molecule has 1 heterocycles.